The molecule has 0 spiro atoms. The topological polar surface area (TPSA) is 66.4 Å². The van der Waals surface area contributed by atoms with Crippen molar-refractivity contribution in [2.24, 2.45) is 5.41 Å². The smallest absolute Gasteiger partial charge is 0.311 e. The largest absolute Gasteiger partial charge is 0.481 e. The Bertz CT molecular complexity index is 535. The fourth-order valence-corrected chi connectivity index (χ4v) is 1.91. The molecule has 19 heavy (non-hydrogen) atoms. The molecule has 4 nitrogen and oxygen atoms in total. The van der Waals surface area contributed by atoms with Gasteiger partial charge in [-0.15, -0.1) is 0 Å². The Labute approximate surface area is 116 Å². The minimum Gasteiger partial charge on any atom is -0.481 e. The molecule has 2 N–H and O–H groups in total. The van der Waals surface area contributed by atoms with Crippen molar-refractivity contribution < 1.29 is 14.7 Å². The Balaban J connectivity index is 1.86. The number of halogens is 1. The van der Waals surface area contributed by atoms with Crippen LogP contribution in [-0.2, 0) is 9.59 Å². The van der Waals surface area contributed by atoms with E-state index in [1.165, 1.54) is 6.08 Å². The summed E-state index contributed by atoms with van der Waals surface area (Å²) in [5, 5.41) is 12.2. The molecule has 1 saturated carbocycles. The van der Waals surface area contributed by atoms with E-state index in [2.05, 4.69) is 5.32 Å². The highest BCUT2D eigenvalue weighted by atomic mass is 35.5. The lowest BCUT2D eigenvalue weighted by atomic mass is 10.1. The second-order valence-electron chi connectivity index (χ2n) is 4.69. The minimum atomic E-state index is -0.841. The number of aliphatic carboxylic acids is 1. The highest BCUT2D eigenvalue weighted by Crippen LogP contribution is 2.45. The summed E-state index contributed by atoms with van der Waals surface area (Å²) in [7, 11) is 0. The molecule has 1 amide bonds. The number of carbonyl (C=O) groups is 2. The van der Waals surface area contributed by atoms with Crippen LogP contribution in [0.5, 0.6) is 0 Å². The molecule has 2 rings (SSSR count). The third-order valence-electron chi connectivity index (χ3n) is 3.18. The van der Waals surface area contributed by atoms with Gasteiger partial charge in [-0.05, 0) is 36.6 Å². The molecule has 1 aromatic carbocycles. The zero-order valence-corrected chi connectivity index (χ0v) is 11.0. The van der Waals surface area contributed by atoms with Gasteiger partial charge in [0.2, 0.25) is 5.91 Å². The van der Waals surface area contributed by atoms with Crippen molar-refractivity contribution in [1.29, 1.82) is 0 Å². The first-order chi connectivity index (χ1) is 9.02. The van der Waals surface area contributed by atoms with Crippen LogP contribution in [0.2, 0.25) is 5.02 Å². The Kier molecular flexibility index (Phi) is 3.90. The summed E-state index contributed by atoms with van der Waals surface area (Å²) in [6, 6.07) is 7.12. The van der Waals surface area contributed by atoms with Gasteiger partial charge < -0.3 is 10.4 Å². The zero-order valence-electron chi connectivity index (χ0n) is 10.2. The molecule has 0 unspecified atom stereocenters. The minimum absolute atomic E-state index is 0.182. The highest BCUT2D eigenvalue weighted by molar-refractivity contribution is 6.30. The molecule has 0 aliphatic heterocycles. The van der Waals surface area contributed by atoms with Crippen molar-refractivity contribution in [3.8, 4) is 0 Å². The molecular weight excluding hydrogens is 266 g/mol. The molecule has 0 saturated heterocycles. The molecule has 5 heteroatoms. The lowest BCUT2D eigenvalue weighted by Gasteiger charge is -2.09. The SMILES string of the molecule is O=C(/C=C/c1cccc(Cl)c1)NCC1(C(=O)O)CC1. The molecule has 1 aliphatic rings. The first kappa shape index (κ1) is 13.6. The van der Waals surface area contributed by atoms with Crippen LogP contribution in [0, 0.1) is 5.41 Å². The predicted molar refractivity (Wildman–Crippen MR) is 72.8 cm³/mol. The fraction of sp³-hybridized carbons (Fsp3) is 0.286. The Morgan fingerprint density at radius 1 is 1.42 bits per heavy atom. The summed E-state index contributed by atoms with van der Waals surface area (Å²) in [6.07, 6.45) is 4.27. The number of nitrogens with one attached hydrogen (secondary N) is 1. The van der Waals surface area contributed by atoms with Gasteiger partial charge in [-0.2, -0.15) is 0 Å². The monoisotopic (exact) mass is 279 g/mol. The van der Waals surface area contributed by atoms with Gasteiger partial charge in [0.1, 0.15) is 0 Å². The lowest BCUT2D eigenvalue weighted by Crippen LogP contribution is -2.33. The van der Waals surface area contributed by atoms with Crippen LogP contribution in [-0.4, -0.2) is 23.5 Å². The van der Waals surface area contributed by atoms with Gasteiger partial charge in [0.25, 0.3) is 0 Å². The number of benzene rings is 1. The normalized spacial score (nSPS) is 16.3. The predicted octanol–water partition coefficient (Wildman–Crippen LogP) is 2.33. The van der Waals surface area contributed by atoms with Crippen LogP contribution >= 0.6 is 11.6 Å². The van der Waals surface area contributed by atoms with Crippen molar-refractivity contribution >= 4 is 29.6 Å². The molecule has 0 bridgehead atoms. The maximum atomic E-state index is 11.6. The summed E-state index contributed by atoms with van der Waals surface area (Å²) in [5.41, 5.74) is 0.0848. The molecule has 0 atom stereocenters. The zero-order chi connectivity index (χ0) is 13.9. The Morgan fingerprint density at radius 3 is 2.74 bits per heavy atom. The third-order valence-corrected chi connectivity index (χ3v) is 3.42. The number of rotatable bonds is 5. The standard InChI is InChI=1S/C14H14ClNO3/c15-11-3-1-2-10(8-11)4-5-12(17)16-9-14(6-7-14)13(18)19/h1-5,8H,6-7,9H2,(H,16,17)(H,18,19)/b5-4+. The van der Waals surface area contributed by atoms with Crippen molar-refractivity contribution in [2.75, 3.05) is 6.54 Å². The number of carboxylic acids is 1. The van der Waals surface area contributed by atoms with Crippen molar-refractivity contribution in [2.45, 2.75) is 12.8 Å². The van der Waals surface area contributed by atoms with Crippen molar-refractivity contribution in [3.05, 3.63) is 40.9 Å². The van der Waals surface area contributed by atoms with Gasteiger partial charge in [-0.25, -0.2) is 0 Å². The summed E-state index contributed by atoms with van der Waals surface area (Å²) >= 11 is 5.82. The van der Waals surface area contributed by atoms with E-state index < -0.39 is 11.4 Å². The van der Waals surface area contributed by atoms with Gasteiger partial charge in [0.05, 0.1) is 5.41 Å². The molecule has 0 heterocycles. The first-order valence-electron chi connectivity index (χ1n) is 5.97. The summed E-state index contributed by atoms with van der Waals surface area (Å²) in [5.74, 6) is -1.14. The average Bonchev–Trinajstić information content (AvgIpc) is 3.15. The molecule has 100 valence electrons. The van der Waals surface area contributed by atoms with Crippen molar-refractivity contribution in [1.82, 2.24) is 5.32 Å². The molecule has 0 radical (unpaired) electrons. The van der Waals surface area contributed by atoms with E-state index in [4.69, 9.17) is 16.7 Å². The van der Waals surface area contributed by atoms with Gasteiger partial charge in [-0.3, -0.25) is 9.59 Å². The van der Waals surface area contributed by atoms with E-state index in [-0.39, 0.29) is 12.5 Å². The number of hydrogen-bond donors (Lipinski definition) is 2. The molecule has 1 aromatic rings. The van der Waals surface area contributed by atoms with Crippen LogP contribution in [0.4, 0.5) is 0 Å². The fourth-order valence-electron chi connectivity index (χ4n) is 1.71. The van der Waals surface area contributed by atoms with Crippen LogP contribution in [0.25, 0.3) is 6.08 Å². The molecular formula is C14H14ClNO3. The Morgan fingerprint density at radius 2 is 2.16 bits per heavy atom. The Hall–Kier alpha value is -1.81. The molecule has 1 fully saturated rings. The van der Waals surface area contributed by atoms with E-state index in [9.17, 15) is 9.59 Å². The van der Waals surface area contributed by atoms with Crippen LogP contribution in [0.3, 0.4) is 0 Å². The number of carboxylic acid groups (broad SMARTS) is 1. The summed E-state index contributed by atoms with van der Waals surface area (Å²) < 4.78 is 0. The first-order valence-corrected chi connectivity index (χ1v) is 6.35. The molecule has 1 aliphatic carbocycles. The third kappa shape index (κ3) is 3.58. The van der Waals surface area contributed by atoms with Crippen LogP contribution in [0.1, 0.15) is 18.4 Å². The van der Waals surface area contributed by atoms with E-state index >= 15 is 0 Å². The van der Waals surface area contributed by atoms with E-state index in [0.717, 1.165) is 5.56 Å². The average molecular weight is 280 g/mol. The highest BCUT2D eigenvalue weighted by Gasteiger charge is 2.50. The van der Waals surface area contributed by atoms with Crippen molar-refractivity contribution in [3.63, 3.8) is 0 Å². The van der Waals surface area contributed by atoms with Gasteiger partial charge in [-0.1, -0.05) is 23.7 Å². The van der Waals surface area contributed by atoms with Crippen LogP contribution in [0.15, 0.2) is 30.3 Å². The number of hydrogen-bond acceptors (Lipinski definition) is 2. The van der Waals surface area contributed by atoms with E-state index in [0.29, 0.717) is 17.9 Å². The maximum Gasteiger partial charge on any atom is 0.311 e. The second-order valence-corrected chi connectivity index (χ2v) is 5.13. The quantitative estimate of drug-likeness (QED) is 0.813. The number of carbonyl (C=O) groups excluding carboxylic acids is 1. The lowest BCUT2D eigenvalue weighted by molar-refractivity contribution is -0.143. The maximum absolute atomic E-state index is 11.6. The van der Waals surface area contributed by atoms with Gasteiger partial charge in [0.15, 0.2) is 0 Å². The number of amides is 1. The van der Waals surface area contributed by atoms with E-state index in [1.54, 1.807) is 24.3 Å². The second kappa shape index (κ2) is 5.45. The summed E-state index contributed by atoms with van der Waals surface area (Å²) in [6.45, 7) is 0.182. The van der Waals surface area contributed by atoms with E-state index in [1.807, 2.05) is 6.07 Å². The van der Waals surface area contributed by atoms with Gasteiger partial charge >= 0.3 is 5.97 Å². The summed E-state index contributed by atoms with van der Waals surface area (Å²) in [4.78, 5) is 22.5. The van der Waals surface area contributed by atoms with Gasteiger partial charge in [0, 0.05) is 17.6 Å². The van der Waals surface area contributed by atoms with Crippen LogP contribution < -0.4 is 5.32 Å². The molecule has 0 aromatic heterocycles.